The molecule has 8 nitrogen and oxygen atoms in total. The first-order valence-corrected chi connectivity index (χ1v) is 7.17. The van der Waals surface area contributed by atoms with Crippen molar-refractivity contribution in [3.05, 3.63) is 0 Å². The second-order valence-corrected chi connectivity index (χ2v) is 5.15. The average Bonchev–Trinajstić information content (AvgIpc) is 2.56. The SMILES string of the molecule is COC(=O)CNC(=O)[C@H]1CCC[C@H](C(=O)NCC(=O)OC)C1. The van der Waals surface area contributed by atoms with Crippen LogP contribution in [-0.2, 0) is 28.7 Å². The molecule has 0 radical (unpaired) electrons. The summed E-state index contributed by atoms with van der Waals surface area (Å²) in [7, 11) is 2.49. The highest BCUT2D eigenvalue weighted by molar-refractivity contribution is 5.86. The number of nitrogens with one attached hydrogen (secondary N) is 2. The third-order valence-electron chi connectivity index (χ3n) is 3.69. The summed E-state index contributed by atoms with van der Waals surface area (Å²) in [4.78, 5) is 46.0. The number of methoxy groups -OCH3 is 2. The minimum Gasteiger partial charge on any atom is -0.468 e. The Bertz CT molecular complexity index is 399. The first kappa shape index (κ1) is 17.9. The fraction of sp³-hybridized carbons (Fsp3) is 0.714. The number of hydrogen-bond donors (Lipinski definition) is 2. The van der Waals surface area contributed by atoms with Gasteiger partial charge in [0.05, 0.1) is 14.2 Å². The first-order chi connectivity index (χ1) is 10.5. The molecule has 8 heteroatoms. The van der Waals surface area contributed by atoms with E-state index in [1.807, 2.05) is 0 Å². The molecule has 1 rings (SSSR count). The summed E-state index contributed by atoms with van der Waals surface area (Å²) < 4.78 is 8.90. The molecule has 1 saturated carbocycles. The Balaban J connectivity index is 2.43. The van der Waals surface area contributed by atoms with E-state index in [0.717, 1.165) is 6.42 Å². The first-order valence-electron chi connectivity index (χ1n) is 7.17. The summed E-state index contributed by atoms with van der Waals surface area (Å²) in [6, 6.07) is 0. The van der Waals surface area contributed by atoms with Crippen molar-refractivity contribution in [2.24, 2.45) is 11.8 Å². The third kappa shape index (κ3) is 5.71. The van der Waals surface area contributed by atoms with Gasteiger partial charge in [0.15, 0.2) is 0 Å². The lowest BCUT2D eigenvalue weighted by atomic mass is 9.80. The predicted octanol–water partition coefficient (Wildman–Crippen LogP) is -0.629. The summed E-state index contributed by atoms with van der Waals surface area (Å²) in [5, 5.41) is 5.01. The molecule has 22 heavy (non-hydrogen) atoms. The Morgan fingerprint density at radius 3 is 1.64 bits per heavy atom. The van der Waals surface area contributed by atoms with E-state index in [4.69, 9.17) is 0 Å². The van der Waals surface area contributed by atoms with Crippen LogP contribution in [0.1, 0.15) is 25.7 Å². The van der Waals surface area contributed by atoms with E-state index in [9.17, 15) is 19.2 Å². The minimum atomic E-state index is -0.517. The van der Waals surface area contributed by atoms with Gasteiger partial charge >= 0.3 is 11.9 Å². The van der Waals surface area contributed by atoms with Gasteiger partial charge in [0.1, 0.15) is 13.1 Å². The Kier molecular flexibility index (Phi) is 7.34. The summed E-state index contributed by atoms with van der Waals surface area (Å²) in [5.74, 6) is -2.17. The zero-order valence-corrected chi connectivity index (χ0v) is 12.8. The van der Waals surface area contributed by atoms with Crippen LogP contribution >= 0.6 is 0 Å². The number of hydrogen-bond acceptors (Lipinski definition) is 6. The lowest BCUT2D eigenvalue weighted by Gasteiger charge is -2.27. The topological polar surface area (TPSA) is 111 Å². The third-order valence-corrected chi connectivity index (χ3v) is 3.69. The standard InChI is InChI=1S/C14H22N2O6/c1-21-11(17)7-15-13(19)9-4-3-5-10(6-9)14(20)16-8-12(18)22-2/h9-10H,3-8H2,1-2H3,(H,15,19)(H,16,20)/t9-,10-/m0/s1. The van der Waals surface area contributed by atoms with E-state index < -0.39 is 11.9 Å². The van der Waals surface area contributed by atoms with Crippen LogP contribution in [0, 0.1) is 11.8 Å². The van der Waals surface area contributed by atoms with Crippen molar-refractivity contribution in [1.82, 2.24) is 10.6 Å². The van der Waals surface area contributed by atoms with Gasteiger partial charge in [-0.2, -0.15) is 0 Å². The second-order valence-electron chi connectivity index (χ2n) is 5.15. The number of ether oxygens (including phenoxy) is 2. The van der Waals surface area contributed by atoms with E-state index in [1.54, 1.807) is 0 Å². The van der Waals surface area contributed by atoms with Gasteiger partial charge in [0.2, 0.25) is 11.8 Å². The molecule has 0 aliphatic heterocycles. The number of rotatable bonds is 6. The van der Waals surface area contributed by atoms with Gasteiger partial charge < -0.3 is 20.1 Å². The largest absolute Gasteiger partial charge is 0.468 e. The van der Waals surface area contributed by atoms with Gasteiger partial charge in [-0.3, -0.25) is 19.2 Å². The van der Waals surface area contributed by atoms with Crippen LogP contribution < -0.4 is 10.6 Å². The molecule has 0 aromatic carbocycles. The van der Waals surface area contributed by atoms with Crippen LogP contribution in [-0.4, -0.2) is 51.1 Å². The van der Waals surface area contributed by atoms with Crippen molar-refractivity contribution in [1.29, 1.82) is 0 Å². The molecule has 0 bridgehead atoms. The summed E-state index contributed by atoms with van der Waals surface area (Å²) in [5.41, 5.74) is 0. The zero-order valence-electron chi connectivity index (χ0n) is 12.8. The van der Waals surface area contributed by atoms with E-state index in [2.05, 4.69) is 20.1 Å². The predicted molar refractivity (Wildman–Crippen MR) is 75.5 cm³/mol. The van der Waals surface area contributed by atoms with Crippen LogP contribution in [0.2, 0.25) is 0 Å². The van der Waals surface area contributed by atoms with Crippen molar-refractivity contribution >= 4 is 23.8 Å². The van der Waals surface area contributed by atoms with Crippen molar-refractivity contribution in [3.8, 4) is 0 Å². The van der Waals surface area contributed by atoms with E-state index in [0.29, 0.717) is 19.3 Å². The van der Waals surface area contributed by atoms with E-state index >= 15 is 0 Å². The molecule has 0 heterocycles. The molecule has 0 unspecified atom stereocenters. The van der Waals surface area contributed by atoms with Crippen LogP contribution in [0.3, 0.4) is 0 Å². The Hall–Kier alpha value is -2.12. The van der Waals surface area contributed by atoms with Crippen molar-refractivity contribution in [3.63, 3.8) is 0 Å². The quantitative estimate of drug-likeness (QED) is 0.632. The van der Waals surface area contributed by atoms with Crippen LogP contribution in [0.25, 0.3) is 0 Å². The maximum Gasteiger partial charge on any atom is 0.325 e. The lowest BCUT2D eigenvalue weighted by molar-refractivity contribution is -0.142. The van der Waals surface area contributed by atoms with Gasteiger partial charge in [-0.25, -0.2) is 0 Å². The van der Waals surface area contributed by atoms with Gasteiger partial charge in [-0.15, -0.1) is 0 Å². The molecular weight excluding hydrogens is 292 g/mol. The molecule has 0 spiro atoms. The Morgan fingerprint density at radius 1 is 0.864 bits per heavy atom. The highest BCUT2D eigenvalue weighted by Crippen LogP contribution is 2.29. The van der Waals surface area contributed by atoms with Gasteiger partial charge in [0, 0.05) is 11.8 Å². The molecule has 2 amide bonds. The maximum absolute atomic E-state index is 12.0. The fourth-order valence-corrected chi connectivity index (χ4v) is 2.42. The molecule has 1 fully saturated rings. The summed E-state index contributed by atoms with van der Waals surface area (Å²) >= 11 is 0. The highest BCUT2D eigenvalue weighted by Gasteiger charge is 2.31. The Labute approximate surface area is 128 Å². The lowest BCUT2D eigenvalue weighted by Crippen LogP contribution is -2.41. The van der Waals surface area contributed by atoms with Crippen LogP contribution in [0.15, 0.2) is 0 Å². The Morgan fingerprint density at radius 2 is 1.27 bits per heavy atom. The molecular formula is C14H22N2O6. The highest BCUT2D eigenvalue weighted by atomic mass is 16.5. The summed E-state index contributed by atoms with van der Waals surface area (Å²) in [6.45, 7) is -0.351. The van der Waals surface area contributed by atoms with Gasteiger partial charge in [0.25, 0.3) is 0 Å². The van der Waals surface area contributed by atoms with Crippen LogP contribution in [0.4, 0.5) is 0 Å². The maximum atomic E-state index is 12.0. The molecule has 0 aromatic heterocycles. The molecule has 124 valence electrons. The normalized spacial score (nSPS) is 20.6. The minimum absolute atomic E-state index is 0.176. The van der Waals surface area contributed by atoms with Crippen LogP contribution in [0.5, 0.6) is 0 Å². The number of carbonyl (C=O) groups excluding carboxylic acids is 4. The van der Waals surface area contributed by atoms with E-state index in [1.165, 1.54) is 14.2 Å². The van der Waals surface area contributed by atoms with Crippen molar-refractivity contribution < 1.29 is 28.7 Å². The molecule has 1 aliphatic carbocycles. The van der Waals surface area contributed by atoms with E-state index in [-0.39, 0.29) is 36.7 Å². The molecule has 1 aliphatic rings. The number of carbonyl (C=O) groups is 4. The molecule has 0 aromatic rings. The molecule has 0 saturated heterocycles. The number of amides is 2. The second kappa shape index (κ2) is 9.01. The van der Waals surface area contributed by atoms with Gasteiger partial charge in [-0.05, 0) is 19.3 Å². The monoisotopic (exact) mass is 314 g/mol. The van der Waals surface area contributed by atoms with Crippen molar-refractivity contribution in [2.75, 3.05) is 27.3 Å². The average molecular weight is 314 g/mol. The fourth-order valence-electron chi connectivity index (χ4n) is 2.42. The summed E-state index contributed by atoms with van der Waals surface area (Å²) in [6.07, 6.45) is 2.49. The van der Waals surface area contributed by atoms with Crippen molar-refractivity contribution in [2.45, 2.75) is 25.7 Å². The van der Waals surface area contributed by atoms with Gasteiger partial charge in [-0.1, -0.05) is 6.42 Å². The molecule has 2 atom stereocenters. The smallest absolute Gasteiger partial charge is 0.325 e. The number of esters is 2. The molecule has 2 N–H and O–H groups in total. The zero-order chi connectivity index (χ0) is 16.5.